The molecule has 0 atom stereocenters. The van der Waals surface area contributed by atoms with Crippen molar-refractivity contribution in [1.82, 2.24) is 5.32 Å². The van der Waals surface area contributed by atoms with Crippen molar-refractivity contribution in [3.63, 3.8) is 0 Å². The summed E-state index contributed by atoms with van der Waals surface area (Å²) in [5.74, 6) is -2.46. The van der Waals surface area contributed by atoms with Gasteiger partial charge in [-0.15, -0.1) is 0 Å². The minimum Gasteiger partial charge on any atom is -0.487 e. The highest BCUT2D eigenvalue weighted by Crippen LogP contribution is 2.23. The van der Waals surface area contributed by atoms with Gasteiger partial charge in [-0.1, -0.05) is 13.8 Å². The first kappa shape index (κ1) is 17.8. The van der Waals surface area contributed by atoms with Crippen LogP contribution < -0.4 is 10.1 Å². The predicted molar refractivity (Wildman–Crippen MR) is 78.2 cm³/mol. The molecule has 0 saturated heterocycles. The van der Waals surface area contributed by atoms with E-state index in [9.17, 15) is 17.2 Å². The number of nitrogens with one attached hydrogen (secondary N) is 1. The van der Waals surface area contributed by atoms with Crippen LogP contribution in [-0.2, 0) is 16.4 Å². The topological polar surface area (TPSA) is 55.4 Å². The molecule has 1 aromatic rings. The van der Waals surface area contributed by atoms with Crippen LogP contribution in [0, 0.1) is 11.6 Å². The summed E-state index contributed by atoms with van der Waals surface area (Å²) in [4.78, 5) is 0. The van der Waals surface area contributed by atoms with Crippen LogP contribution in [0.4, 0.5) is 8.78 Å². The fourth-order valence-electron chi connectivity index (χ4n) is 1.68. The Hall–Kier alpha value is -1.21. The Bertz CT molecular complexity index is 538. The molecule has 21 heavy (non-hydrogen) atoms. The summed E-state index contributed by atoms with van der Waals surface area (Å²) < 4.78 is 55.1. The SMILES string of the molecule is CCCNCc1cc(F)c(OCCS(=O)(=O)CC)c(F)c1. The van der Waals surface area contributed by atoms with Crippen molar-refractivity contribution >= 4 is 9.84 Å². The number of ether oxygens (including phenoxy) is 1. The van der Waals surface area contributed by atoms with Crippen LogP contribution >= 0.6 is 0 Å². The van der Waals surface area contributed by atoms with Gasteiger partial charge in [0.25, 0.3) is 0 Å². The number of sulfone groups is 1. The summed E-state index contributed by atoms with van der Waals surface area (Å²) >= 11 is 0. The monoisotopic (exact) mass is 321 g/mol. The van der Waals surface area contributed by atoms with Gasteiger partial charge in [0.2, 0.25) is 0 Å². The molecule has 1 N–H and O–H groups in total. The molecule has 0 unspecified atom stereocenters. The molecule has 7 heteroatoms. The van der Waals surface area contributed by atoms with E-state index in [-0.39, 0.29) is 18.1 Å². The fraction of sp³-hybridized carbons (Fsp3) is 0.571. The van der Waals surface area contributed by atoms with E-state index in [1.165, 1.54) is 19.1 Å². The molecule has 0 saturated carbocycles. The van der Waals surface area contributed by atoms with Gasteiger partial charge < -0.3 is 10.1 Å². The Kier molecular flexibility index (Phi) is 7.04. The van der Waals surface area contributed by atoms with Crippen LogP contribution in [0.5, 0.6) is 5.75 Å². The summed E-state index contributed by atoms with van der Waals surface area (Å²) in [6.45, 7) is 4.37. The summed E-state index contributed by atoms with van der Waals surface area (Å²) in [7, 11) is -3.22. The van der Waals surface area contributed by atoms with E-state index in [1.54, 1.807) is 0 Å². The van der Waals surface area contributed by atoms with Gasteiger partial charge in [0.05, 0.1) is 5.75 Å². The first-order valence-corrected chi connectivity index (χ1v) is 8.73. The number of hydrogen-bond acceptors (Lipinski definition) is 4. The smallest absolute Gasteiger partial charge is 0.190 e. The number of benzene rings is 1. The molecule has 0 aliphatic carbocycles. The molecule has 0 spiro atoms. The average Bonchev–Trinajstić information content (AvgIpc) is 2.42. The maximum absolute atomic E-state index is 13.8. The minimum atomic E-state index is -3.22. The quantitative estimate of drug-likeness (QED) is 0.709. The number of halogens is 2. The third-order valence-corrected chi connectivity index (χ3v) is 4.56. The van der Waals surface area contributed by atoms with Gasteiger partial charge in [-0.2, -0.15) is 0 Å². The van der Waals surface area contributed by atoms with Crippen molar-refractivity contribution in [3.8, 4) is 5.75 Å². The maximum Gasteiger partial charge on any atom is 0.190 e. The Morgan fingerprint density at radius 2 is 1.81 bits per heavy atom. The average molecular weight is 321 g/mol. The van der Waals surface area contributed by atoms with Crippen LogP contribution in [0.25, 0.3) is 0 Å². The third kappa shape index (κ3) is 5.97. The van der Waals surface area contributed by atoms with Crippen LogP contribution in [-0.4, -0.2) is 33.1 Å². The van der Waals surface area contributed by atoms with E-state index < -0.39 is 27.2 Å². The molecule has 0 bridgehead atoms. The second-order valence-electron chi connectivity index (χ2n) is 4.65. The fourth-order valence-corrected chi connectivity index (χ4v) is 2.30. The standard InChI is InChI=1S/C14H21F2NO3S/c1-3-5-17-10-11-8-12(15)14(13(16)9-11)20-6-7-21(18,19)4-2/h8-9,17H,3-7,10H2,1-2H3. The second kappa shape index (κ2) is 8.29. The summed E-state index contributed by atoms with van der Waals surface area (Å²) in [6, 6.07) is 2.38. The van der Waals surface area contributed by atoms with Gasteiger partial charge in [0.15, 0.2) is 27.2 Å². The van der Waals surface area contributed by atoms with Crippen LogP contribution in [0.15, 0.2) is 12.1 Å². The molecule has 0 amide bonds. The normalized spacial score (nSPS) is 11.6. The lowest BCUT2D eigenvalue weighted by atomic mass is 10.2. The van der Waals surface area contributed by atoms with E-state index in [1.807, 2.05) is 6.92 Å². The largest absolute Gasteiger partial charge is 0.487 e. The Morgan fingerprint density at radius 3 is 2.33 bits per heavy atom. The Morgan fingerprint density at radius 1 is 1.19 bits per heavy atom. The van der Waals surface area contributed by atoms with Gasteiger partial charge in [0, 0.05) is 12.3 Å². The highest BCUT2D eigenvalue weighted by atomic mass is 32.2. The van der Waals surface area contributed by atoms with Gasteiger partial charge in [-0.3, -0.25) is 0 Å². The summed E-state index contributed by atoms with van der Waals surface area (Å²) in [5.41, 5.74) is 0.479. The molecule has 0 radical (unpaired) electrons. The highest BCUT2D eigenvalue weighted by molar-refractivity contribution is 7.91. The molecule has 0 aromatic heterocycles. The summed E-state index contributed by atoms with van der Waals surface area (Å²) in [6.07, 6.45) is 0.929. The molecular weight excluding hydrogens is 300 g/mol. The number of hydrogen-bond donors (Lipinski definition) is 1. The van der Waals surface area contributed by atoms with Gasteiger partial charge in [-0.25, -0.2) is 17.2 Å². The van der Waals surface area contributed by atoms with Crippen molar-refractivity contribution in [3.05, 3.63) is 29.3 Å². The van der Waals surface area contributed by atoms with Crippen molar-refractivity contribution in [1.29, 1.82) is 0 Å². The Balaban J connectivity index is 2.67. The lowest BCUT2D eigenvalue weighted by Crippen LogP contribution is -2.17. The number of rotatable bonds is 9. The van der Waals surface area contributed by atoms with Crippen LogP contribution in [0.2, 0.25) is 0 Å². The van der Waals surface area contributed by atoms with Crippen molar-refractivity contribution in [2.45, 2.75) is 26.8 Å². The summed E-state index contributed by atoms with van der Waals surface area (Å²) in [5, 5.41) is 3.04. The zero-order valence-electron chi connectivity index (χ0n) is 12.3. The first-order chi connectivity index (χ1) is 9.89. The van der Waals surface area contributed by atoms with Crippen LogP contribution in [0.3, 0.4) is 0 Å². The lowest BCUT2D eigenvalue weighted by molar-refractivity contribution is 0.303. The van der Waals surface area contributed by atoms with Crippen molar-refractivity contribution in [2.75, 3.05) is 24.7 Å². The predicted octanol–water partition coefficient (Wildman–Crippen LogP) is 2.28. The van der Waals surface area contributed by atoms with Crippen LogP contribution in [0.1, 0.15) is 25.8 Å². The molecule has 0 aliphatic rings. The highest BCUT2D eigenvalue weighted by Gasteiger charge is 2.14. The molecule has 0 heterocycles. The van der Waals surface area contributed by atoms with E-state index in [0.717, 1.165) is 13.0 Å². The zero-order valence-corrected chi connectivity index (χ0v) is 13.1. The van der Waals surface area contributed by atoms with E-state index in [4.69, 9.17) is 4.74 Å². The van der Waals surface area contributed by atoms with Gasteiger partial charge >= 0.3 is 0 Å². The molecule has 120 valence electrons. The molecule has 1 rings (SSSR count). The Labute approximate surface area is 124 Å². The maximum atomic E-state index is 13.8. The van der Waals surface area contributed by atoms with Crippen molar-refractivity contribution in [2.24, 2.45) is 0 Å². The molecule has 0 fully saturated rings. The molecular formula is C14H21F2NO3S. The van der Waals surface area contributed by atoms with Gasteiger partial charge in [0.1, 0.15) is 6.61 Å². The zero-order chi connectivity index (χ0) is 15.9. The molecule has 0 aliphatic heterocycles. The van der Waals surface area contributed by atoms with E-state index >= 15 is 0 Å². The van der Waals surface area contributed by atoms with E-state index in [2.05, 4.69) is 5.32 Å². The third-order valence-electron chi connectivity index (χ3n) is 2.89. The molecule has 1 aromatic carbocycles. The first-order valence-electron chi connectivity index (χ1n) is 6.91. The minimum absolute atomic E-state index is 0.0244. The second-order valence-corrected chi connectivity index (χ2v) is 7.12. The lowest BCUT2D eigenvalue weighted by Gasteiger charge is -2.10. The van der Waals surface area contributed by atoms with Crippen molar-refractivity contribution < 1.29 is 21.9 Å². The van der Waals surface area contributed by atoms with E-state index in [0.29, 0.717) is 12.1 Å². The molecule has 4 nitrogen and oxygen atoms in total. The van der Waals surface area contributed by atoms with Gasteiger partial charge in [-0.05, 0) is 30.7 Å².